The van der Waals surface area contributed by atoms with E-state index in [0.29, 0.717) is 0 Å². The molecule has 0 atom stereocenters. The number of aromatic nitrogens is 6. The summed E-state index contributed by atoms with van der Waals surface area (Å²) in [6, 6.07) is 16.0. The summed E-state index contributed by atoms with van der Waals surface area (Å²) in [5.74, 6) is 0. The fourth-order valence-electron chi connectivity index (χ4n) is 3.09. The maximum Gasteiger partial charge on any atom is 0.111 e. The average Bonchev–Trinajstić information content (AvgIpc) is 3.30. The molecule has 0 spiro atoms. The first-order valence-corrected chi connectivity index (χ1v) is 8.88. The second kappa shape index (κ2) is 6.46. The number of hydrogen-bond donors (Lipinski definition) is 0. The highest BCUT2D eigenvalue weighted by atomic mass is 15.3. The van der Waals surface area contributed by atoms with Crippen LogP contribution in [0.1, 0.15) is 25.2 Å². The highest BCUT2D eigenvalue weighted by molar-refractivity contribution is 5.55. The maximum absolute atomic E-state index is 4.88. The fourth-order valence-corrected chi connectivity index (χ4v) is 3.09. The van der Waals surface area contributed by atoms with Gasteiger partial charge in [-0.2, -0.15) is 10.2 Å². The highest BCUT2D eigenvalue weighted by Gasteiger charge is 2.27. The van der Waals surface area contributed by atoms with Gasteiger partial charge in [0.15, 0.2) is 0 Å². The summed E-state index contributed by atoms with van der Waals surface area (Å²) in [5.41, 5.74) is 5.02. The summed E-state index contributed by atoms with van der Waals surface area (Å²) in [7, 11) is 3.81. The van der Waals surface area contributed by atoms with Crippen molar-refractivity contribution in [3.8, 4) is 22.8 Å². The van der Waals surface area contributed by atoms with Crippen LogP contribution in [0, 0.1) is 0 Å². The minimum Gasteiger partial charge on any atom is -0.275 e. The van der Waals surface area contributed by atoms with E-state index in [9.17, 15) is 0 Å². The van der Waals surface area contributed by atoms with Gasteiger partial charge in [0, 0.05) is 31.9 Å². The first kappa shape index (κ1) is 17.1. The molecule has 0 unspecified atom stereocenters. The number of hydrogen-bond acceptors (Lipinski definition) is 4. The third-order valence-electron chi connectivity index (χ3n) is 4.73. The molecule has 4 heterocycles. The van der Waals surface area contributed by atoms with Crippen LogP contribution in [0.25, 0.3) is 22.8 Å². The van der Waals surface area contributed by atoms with Gasteiger partial charge in [0.2, 0.25) is 0 Å². The van der Waals surface area contributed by atoms with Crippen LogP contribution in [0.3, 0.4) is 0 Å². The predicted molar refractivity (Wildman–Crippen MR) is 105 cm³/mol. The highest BCUT2D eigenvalue weighted by Crippen LogP contribution is 2.31. The first-order chi connectivity index (χ1) is 12.9. The van der Waals surface area contributed by atoms with E-state index in [2.05, 4.69) is 24.0 Å². The van der Waals surface area contributed by atoms with Gasteiger partial charge >= 0.3 is 0 Å². The minimum atomic E-state index is -0.352. The Hall–Kier alpha value is -3.28. The topological polar surface area (TPSA) is 61.4 Å². The molecule has 0 fully saturated rings. The van der Waals surface area contributed by atoms with Crippen molar-refractivity contribution in [3.63, 3.8) is 0 Å². The van der Waals surface area contributed by atoms with Crippen LogP contribution < -0.4 is 0 Å². The largest absolute Gasteiger partial charge is 0.275 e. The molecule has 4 rings (SSSR count). The Bertz CT molecular complexity index is 1000. The van der Waals surface area contributed by atoms with Gasteiger partial charge in [-0.05, 0) is 50.2 Å². The molecular formula is C21H22N6. The van der Waals surface area contributed by atoms with E-state index in [1.54, 1.807) is 9.36 Å². The summed E-state index contributed by atoms with van der Waals surface area (Å²) in [4.78, 5) is 9.75. The lowest BCUT2D eigenvalue weighted by atomic mass is 9.84. The molecule has 0 aliphatic rings. The molecular weight excluding hydrogens is 336 g/mol. The van der Waals surface area contributed by atoms with E-state index in [-0.39, 0.29) is 5.41 Å². The molecule has 0 bridgehead atoms. The minimum absolute atomic E-state index is 0.352. The van der Waals surface area contributed by atoms with E-state index in [4.69, 9.17) is 9.97 Å². The van der Waals surface area contributed by atoms with Gasteiger partial charge in [0.1, 0.15) is 11.4 Å². The van der Waals surface area contributed by atoms with Gasteiger partial charge in [-0.25, -0.2) is 0 Å². The van der Waals surface area contributed by atoms with Crippen LogP contribution in [-0.4, -0.2) is 29.5 Å². The zero-order valence-corrected chi connectivity index (χ0v) is 16.0. The van der Waals surface area contributed by atoms with Crippen LogP contribution in [0.15, 0.2) is 60.9 Å². The van der Waals surface area contributed by atoms with Crippen LogP contribution in [0.2, 0.25) is 0 Å². The Morgan fingerprint density at radius 1 is 0.630 bits per heavy atom. The van der Waals surface area contributed by atoms with Crippen molar-refractivity contribution < 1.29 is 0 Å². The SMILES string of the molecule is Cn1ccc(-c2cccc(C(C)(C)c3cccc(-c4ccn(C)n4)n3)n2)n1. The molecule has 0 radical (unpaired) electrons. The van der Waals surface area contributed by atoms with Crippen molar-refractivity contribution in [1.82, 2.24) is 29.5 Å². The van der Waals surface area contributed by atoms with Crippen LogP contribution in [-0.2, 0) is 19.5 Å². The van der Waals surface area contributed by atoms with Crippen molar-refractivity contribution in [2.45, 2.75) is 19.3 Å². The molecule has 0 amide bonds. The molecule has 0 N–H and O–H groups in total. The van der Waals surface area contributed by atoms with Crippen molar-refractivity contribution >= 4 is 0 Å². The summed E-state index contributed by atoms with van der Waals surface area (Å²) < 4.78 is 3.57. The lowest BCUT2D eigenvalue weighted by Crippen LogP contribution is -2.22. The number of rotatable bonds is 4. The number of aryl methyl sites for hydroxylation is 2. The van der Waals surface area contributed by atoms with Crippen LogP contribution >= 0.6 is 0 Å². The third-order valence-corrected chi connectivity index (χ3v) is 4.73. The standard InChI is InChI=1S/C21H22N6/c1-21(2,19-9-5-7-15(22-19)17-11-13-26(3)24-17)20-10-6-8-16(23-20)18-12-14-27(4)25-18/h5-14H,1-4H3. The fraction of sp³-hybridized carbons (Fsp3) is 0.238. The van der Waals surface area contributed by atoms with E-state index in [1.165, 1.54) is 0 Å². The molecule has 6 heteroatoms. The zero-order valence-electron chi connectivity index (χ0n) is 16.0. The Balaban J connectivity index is 1.73. The first-order valence-electron chi connectivity index (χ1n) is 8.88. The second-order valence-electron chi connectivity index (χ2n) is 7.19. The molecule has 27 heavy (non-hydrogen) atoms. The zero-order chi connectivity index (χ0) is 19.0. The summed E-state index contributed by atoms with van der Waals surface area (Å²) in [6.45, 7) is 4.28. The van der Waals surface area contributed by atoms with Gasteiger partial charge in [-0.1, -0.05) is 12.1 Å². The van der Waals surface area contributed by atoms with E-state index < -0.39 is 0 Å². The molecule has 0 aliphatic heterocycles. The van der Waals surface area contributed by atoms with Crippen LogP contribution in [0.4, 0.5) is 0 Å². The van der Waals surface area contributed by atoms with Gasteiger partial charge < -0.3 is 0 Å². The summed E-state index contributed by atoms with van der Waals surface area (Å²) in [5, 5.41) is 8.92. The lowest BCUT2D eigenvalue weighted by molar-refractivity contribution is 0.596. The normalized spacial score (nSPS) is 11.7. The Kier molecular flexibility index (Phi) is 4.11. The van der Waals surface area contributed by atoms with Crippen molar-refractivity contribution in [1.29, 1.82) is 0 Å². The van der Waals surface area contributed by atoms with E-state index in [1.807, 2.05) is 75.0 Å². The molecule has 0 aliphatic carbocycles. The summed E-state index contributed by atoms with van der Waals surface area (Å²) in [6.07, 6.45) is 3.85. The van der Waals surface area contributed by atoms with Gasteiger partial charge in [-0.3, -0.25) is 19.3 Å². The molecule has 6 nitrogen and oxygen atoms in total. The van der Waals surface area contributed by atoms with Gasteiger partial charge in [0.05, 0.1) is 22.8 Å². The van der Waals surface area contributed by atoms with E-state index >= 15 is 0 Å². The van der Waals surface area contributed by atoms with Crippen molar-refractivity contribution in [2.24, 2.45) is 14.1 Å². The monoisotopic (exact) mass is 358 g/mol. The molecule has 0 aromatic carbocycles. The second-order valence-corrected chi connectivity index (χ2v) is 7.19. The smallest absolute Gasteiger partial charge is 0.111 e. The van der Waals surface area contributed by atoms with Gasteiger partial charge in [0.25, 0.3) is 0 Å². The predicted octanol–water partition coefficient (Wildman–Crippen LogP) is 3.60. The number of pyridine rings is 2. The van der Waals surface area contributed by atoms with Crippen molar-refractivity contribution in [3.05, 3.63) is 72.3 Å². The Labute approximate surface area is 158 Å². The van der Waals surface area contributed by atoms with Crippen LogP contribution in [0.5, 0.6) is 0 Å². The maximum atomic E-state index is 4.88. The third kappa shape index (κ3) is 3.26. The molecule has 0 saturated heterocycles. The van der Waals surface area contributed by atoms with Gasteiger partial charge in [-0.15, -0.1) is 0 Å². The molecule has 136 valence electrons. The quantitative estimate of drug-likeness (QED) is 0.559. The average molecular weight is 358 g/mol. The number of nitrogens with zero attached hydrogens (tertiary/aromatic N) is 6. The molecule has 4 aromatic rings. The Morgan fingerprint density at radius 2 is 1.07 bits per heavy atom. The van der Waals surface area contributed by atoms with Crippen molar-refractivity contribution in [2.75, 3.05) is 0 Å². The lowest BCUT2D eigenvalue weighted by Gasteiger charge is -2.24. The molecule has 4 aromatic heterocycles. The van der Waals surface area contributed by atoms with E-state index in [0.717, 1.165) is 34.2 Å². The Morgan fingerprint density at radius 3 is 1.44 bits per heavy atom. The summed E-state index contributed by atoms with van der Waals surface area (Å²) >= 11 is 0. The molecule has 0 saturated carbocycles.